The number of aromatic nitrogens is 8. The van der Waals surface area contributed by atoms with Gasteiger partial charge in [-0.2, -0.15) is 25.6 Å². The molecular formula is C18H13N9O2S. The third-order valence-electron chi connectivity index (χ3n) is 4.81. The maximum atomic E-state index is 6.44. The van der Waals surface area contributed by atoms with E-state index in [1.54, 1.807) is 35.9 Å². The van der Waals surface area contributed by atoms with Gasteiger partial charge >= 0.3 is 0 Å². The van der Waals surface area contributed by atoms with Gasteiger partial charge in [0.25, 0.3) is 0 Å². The van der Waals surface area contributed by atoms with Gasteiger partial charge in [-0.15, -0.1) is 11.3 Å². The van der Waals surface area contributed by atoms with E-state index in [0.717, 1.165) is 5.69 Å². The Hall–Kier alpha value is -4.19. The number of H-pyrrole nitrogens is 3. The van der Waals surface area contributed by atoms with Crippen molar-refractivity contribution < 1.29 is 9.25 Å². The molecule has 30 heavy (non-hydrogen) atoms. The topological polar surface area (TPSA) is 137 Å². The SMILES string of the molecule is c1c[nH]c(C2(c3ncco3)C(c3cn[nH]n3)=C(c3nccs3)ON2c2ccn[nH]2)c1. The fourth-order valence-corrected chi connectivity index (χ4v) is 4.30. The Morgan fingerprint density at radius 3 is 2.77 bits per heavy atom. The summed E-state index contributed by atoms with van der Waals surface area (Å²) in [5, 5.41) is 22.3. The Morgan fingerprint density at radius 2 is 2.10 bits per heavy atom. The Morgan fingerprint density at radius 1 is 1.10 bits per heavy atom. The molecule has 0 aromatic carbocycles. The lowest BCUT2D eigenvalue weighted by Gasteiger charge is -2.34. The zero-order valence-corrected chi connectivity index (χ0v) is 16.0. The van der Waals surface area contributed by atoms with Crippen molar-refractivity contribution in [3.63, 3.8) is 0 Å². The molecule has 0 radical (unpaired) electrons. The minimum absolute atomic E-state index is 0.379. The van der Waals surface area contributed by atoms with Crippen LogP contribution in [-0.4, -0.2) is 40.6 Å². The first-order chi connectivity index (χ1) is 14.9. The highest BCUT2D eigenvalue weighted by Gasteiger charge is 2.59. The number of hydrogen-bond acceptors (Lipinski definition) is 9. The van der Waals surface area contributed by atoms with Gasteiger partial charge in [0.15, 0.2) is 16.6 Å². The molecule has 148 valence electrons. The van der Waals surface area contributed by atoms with Crippen molar-refractivity contribution in [2.45, 2.75) is 5.54 Å². The molecule has 6 heterocycles. The summed E-state index contributed by atoms with van der Waals surface area (Å²) in [5.41, 5.74) is 0.835. The molecule has 0 fully saturated rings. The Balaban J connectivity index is 1.74. The first-order valence-electron chi connectivity index (χ1n) is 8.91. The first kappa shape index (κ1) is 16.7. The number of nitrogens with one attached hydrogen (secondary N) is 3. The number of rotatable bonds is 5. The molecule has 11 nitrogen and oxygen atoms in total. The van der Waals surface area contributed by atoms with E-state index in [9.17, 15) is 0 Å². The highest BCUT2D eigenvalue weighted by molar-refractivity contribution is 7.10. The van der Waals surface area contributed by atoms with Gasteiger partial charge in [-0.25, -0.2) is 9.97 Å². The van der Waals surface area contributed by atoms with E-state index in [-0.39, 0.29) is 0 Å². The third kappa shape index (κ3) is 2.21. The van der Waals surface area contributed by atoms with Crippen LogP contribution in [0.4, 0.5) is 5.82 Å². The van der Waals surface area contributed by atoms with Crippen LogP contribution >= 0.6 is 11.3 Å². The van der Waals surface area contributed by atoms with Crippen molar-refractivity contribution >= 4 is 28.5 Å². The maximum Gasteiger partial charge on any atom is 0.234 e. The highest BCUT2D eigenvalue weighted by Crippen LogP contribution is 2.55. The largest absolute Gasteiger partial charge is 0.446 e. The molecule has 3 N–H and O–H groups in total. The van der Waals surface area contributed by atoms with Crippen LogP contribution in [0.3, 0.4) is 0 Å². The Kier molecular flexibility index (Phi) is 3.58. The molecule has 0 amide bonds. The molecule has 1 unspecified atom stereocenters. The lowest BCUT2D eigenvalue weighted by molar-refractivity contribution is 0.198. The molecule has 0 bridgehead atoms. The van der Waals surface area contributed by atoms with E-state index < -0.39 is 5.54 Å². The zero-order valence-electron chi connectivity index (χ0n) is 15.2. The summed E-state index contributed by atoms with van der Waals surface area (Å²) >= 11 is 1.45. The van der Waals surface area contributed by atoms with Crippen LogP contribution in [0.2, 0.25) is 0 Å². The minimum atomic E-state index is -1.16. The van der Waals surface area contributed by atoms with Gasteiger partial charge in [0, 0.05) is 23.8 Å². The van der Waals surface area contributed by atoms with Crippen molar-refractivity contribution in [2.24, 2.45) is 0 Å². The summed E-state index contributed by atoms with van der Waals surface area (Å²) in [6.45, 7) is 0. The second kappa shape index (κ2) is 6.42. The smallest absolute Gasteiger partial charge is 0.234 e. The number of anilines is 1. The summed E-state index contributed by atoms with van der Waals surface area (Å²) in [7, 11) is 0. The Labute approximate surface area is 172 Å². The molecule has 5 aromatic heterocycles. The predicted molar refractivity (Wildman–Crippen MR) is 106 cm³/mol. The van der Waals surface area contributed by atoms with E-state index in [2.05, 4.69) is 40.6 Å². The van der Waals surface area contributed by atoms with E-state index in [4.69, 9.17) is 9.25 Å². The standard InChI is InChI=1S/C18H13N9O2S/c1-2-12(19-4-1)18(17-21-6-8-28-17)14(11-10-23-26-24-11)15(16-20-7-9-30-16)29-27(18)13-3-5-22-25-13/h1-10,19H,(H,22,25)(H,23,24,26). The van der Waals surface area contributed by atoms with E-state index in [1.165, 1.54) is 17.6 Å². The summed E-state index contributed by atoms with van der Waals surface area (Å²) in [4.78, 5) is 18.7. The number of oxazole rings is 1. The molecule has 0 saturated heterocycles. The van der Waals surface area contributed by atoms with Crippen LogP contribution in [0.1, 0.15) is 22.3 Å². The van der Waals surface area contributed by atoms with Crippen LogP contribution in [0, 0.1) is 0 Å². The summed E-state index contributed by atoms with van der Waals surface area (Å²) in [6.07, 6.45) is 9.93. The fraction of sp³-hybridized carbons (Fsp3) is 0.0556. The monoisotopic (exact) mass is 419 g/mol. The van der Waals surface area contributed by atoms with Crippen LogP contribution in [0.15, 0.2) is 65.2 Å². The van der Waals surface area contributed by atoms with Crippen molar-refractivity contribution in [3.05, 3.63) is 83.1 Å². The molecule has 5 aromatic rings. The number of hydroxylamine groups is 1. The van der Waals surface area contributed by atoms with Crippen molar-refractivity contribution in [2.75, 3.05) is 5.06 Å². The minimum Gasteiger partial charge on any atom is -0.446 e. The molecule has 12 heteroatoms. The van der Waals surface area contributed by atoms with Crippen LogP contribution in [0.25, 0.3) is 11.3 Å². The predicted octanol–water partition coefficient (Wildman–Crippen LogP) is 2.56. The molecule has 6 rings (SSSR count). The van der Waals surface area contributed by atoms with Gasteiger partial charge in [0.2, 0.25) is 11.4 Å². The van der Waals surface area contributed by atoms with Crippen LogP contribution < -0.4 is 5.06 Å². The van der Waals surface area contributed by atoms with Gasteiger partial charge in [-0.3, -0.25) is 5.10 Å². The van der Waals surface area contributed by atoms with Crippen molar-refractivity contribution in [3.8, 4) is 0 Å². The first-order valence-corrected chi connectivity index (χ1v) is 9.79. The quantitative estimate of drug-likeness (QED) is 0.395. The van der Waals surface area contributed by atoms with E-state index in [0.29, 0.717) is 33.7 Å². The van der Waals surface area contributed by atoms with Crippen LogP contribution in [0.5, 0.6) is 0 Å². The second-order valence-corrected chi connectivity index (χ2v) is 7.25. The molecule has 0 spiro atoms. The molecule has 1 aliphatic rings. The molecule has 0 saturated carbocycles. The van der Waals surface area contributed by atoms with Crippen LogP contribution in [-0.2, 0) is 10.4 Å². The van der Waals surface area contributed by atoms with Gasteiger partial charge in [-0.1, -0.05) is 0 Å². The van der Waals surface area contributed by atoms with Gasteiger partial charge in [-0.05, 0) is 12.1 Å². The average Bonchev–Trinajstić information content (AvgIpc) is 3.62. The fourth-order valence-electron chi connectivity index (χ4n) is 3.68. The number of aromatic amines is 3. The average molecular weight is 419 g/mol. The normalized spacial score (nSPS) is 18.9. The number of hydrogen-bond donors (Lipinski definition) is 3. The number of nitrogens with zero attached hydrogens (tertiary/aromatic N) is 6. The lowest BCUT2D eigenvalue weighted by atomic mass is 9.83. The summed E-state index contributed by atoms with van der Waals surface area (Å²) in [6, 6.07) is 5.63. The van der Waals surface area contributed by atoms with Crippen molar-refractivity contribution in [1.82, 2.24) is 40.6 Å². The van der Waals surface area contributed by atoms with Crippen molar-refractivity contribution in [1.29, 1.82) is 0 Å². The summed E-state index contributed by atoms with van der Waals surface area (Å²) < 4.78 is 5.87. The summed E-state index contributed by atoms with van der Waals surface area (Å²) in [5.74, 6) is 1.49. The molecule has 1 atom stereocenters. The Bertz CT molecular complexity index is 1220. The van der Waals surface area contributed by atoms with Gasteiger partial charge in [0.05, 0.1) is 29.9 Å². The van der Waals surface area contributed by atoms with E-state index >= 15 is 0 Å². The van der Waals surface area contributed by atoms with Gasteiger partial charge < -0.3 is 14.2 Å². The maximum absolute atomic E-state index is 6.44. The second-order valence-electron chi connectivity index (χ2n) is 6.36. The third-order valence-corrected chi connectivity index (χ3v) is 5.58. The van der Waals surface area contributed by atoms with E-state index in [1.807, 2.05) is 23.7 Å². The molecule has 0 aliphatic carbocycles. The highest BCUT2D eigenvalue weighted by atomic mass is 32.1. The molecule has 1 aliphatic heterocycles. The number of thiazole rings is 1. The lowest BCUT2D eigenvalue weighted by Crippen LogP contribution is -2.45. The molecular weight excluding hydrogens is 406 g/mol. The van der Waals surface area contributed by atoms with Gasteiger partial charge in [0.1, 0.15) is 12.0 Å². The zero-order chi connectivity index (χ0) is 20.0.